The van der Waals surface area contributed by atoms with E-state index in [0.29, 0.717) is 10.7 Å². The van der Waals surface area contributed by atoms with Gasteiger partial charge in [-0.2, -0.15) is 0 Å². The molecular formula is C14H18Cl2N4OS. The molecule has 0 saturated heterocycles. The third-order valence-corrected chi connectivity index (χ3v) is 4.37. The Morgan fingerprint density at radius 2 is 2.18 bits per heavy atom. The molecule has 0 bridgehead atoms. The van der Waals surface area contributed by atoms with Gasteiger partial charge in [0.15, 0.2) is 5.13 Å². The minimum Gasteiger partial charge on any atom is -0.327 e. The number of carbonyl (C=O) groups is 1. The average Bonchev–Trinajstić information content (AvgIpc) is 2.80. The van der Waals surface area contributed by atoms with E-state index in [1.54, 1.807) is 12.4 Å². The Hall–Kier alpha value is -1.21. The number of carbonyl (C=O) groups excluding carboxylic acids is 1. The highest BCUT2D eigenvalue weighted by molar-refractivity contribution is 7.15. The van der Waals surface area contributed by atoms with E-state index in [9.17, 15) is 4.79 Å². The summed E-state index contributed by atoms with van der Waals surface area (Å²) in [6.07, 6.45) is 6.00. The van der Waals surface area contributed by atoms with E-state index in [0.717, 1.165) is 30.5 Å². The van der Waals surface area contributed by atoms with Crippen molar-refractivity contribution in [2.45, 2.75) is 32.2 Å². The van der Waals surface area contributed by atoms with Gasteiger partial charge < -0.3 is 5.73 Å². The van der Waals surface area contributed by atoms with E-state index < -0.39 is 0 Å². The standard InChI is InChI=1S/C14H16N4OS.2ClH/c1-8-4-9(7-16-6-8)13(19)18-14-17-11-3-2-10(15)5-12(11)20-14;;/h4,6-7,10H,2-3,5,15H2,1H3,(H,17,18,19);2*1H/t10-;;/m0../s1. The van der Waals surface area contributed by atoms with Crippen molar-refractivity contribution in [2.75, 3.05) is 5.32 Å². The van der Waals surface area contributed by atoms with Gasteiger partial charge in [-0.05, 0) is 37.8 Å². The maximum atomic E-state index is 12.1. The van der Waals surface area contributed by atoms with E-state index >= 15 is 0 Å². The van der Waals surface area contributed by atoms with Crippen LogP contribution < -0.4 is 11.1 Å². The van der Waals surface area contributed by atoms with Gasteiger partial charge in [0.2, 0.25) is 0 Å². The summed E-state index contributed by atoms with van der Waals surface area (Å²) < 4.78 is 0. The summed E-state index contributed by atoms with van der Waals surface area (Å²) in [5, 5.41) is 3.49. The van der Waals surface area contributed by atoms with Crippen molar-refractivity contribution in [3.8, 4) is 0 Å². The van der Waals surface area contributed by atoms with Crippen molar-refractivity contribution < 1.29 is 4.79 Å². The molecule has 2 heterocycles. The maximum absolute atomic E-state index is 12.1. The first kappa shape index (κ1) is 18.8. The van der Waals surface area contributed by atoms with E-state index in [1.807, 2.05) is 13.0 Å². The van der Waals surface area contributed by atoms with Gasteiger partial charge in [-0.25, -0.2) is 4.98 Å². The molecule has 22 heavy (non-hydrogen) atoms. The summed E-state index contributed by atoms with van der Waals surface area (Å²) >= 11 is 1.52. The Kier molecular flexibility index (Phi) is 6.74. The topological polar surface area (TPSA) is 80.9 Å². The predicted octanol–water partition coefficient (Wildman–Crippen LogP) is 2.76. The minimum absolute atomic E-state index is 0. The highest BCUT2D eigenvalue weighted by atomic mass is 35.5. The van der Waals surface area contributed by atoms with Crippen LogP contribution >= 0.6 is 36.2 Å². The van der Waals surface area contributed by atoms with Crippen LogP contribution in [0.5, 0.6) is 0 Å². The number of hydrogen-bond donors (Lipinski definition) is 2. The summed E-state index contributed by atoms with van der Waals surface area (Å²) in [5.74, 6) is -0.170. The number of aryl methyl sites for hydroxylation is 2. The molecule has 3 rings (SSSR count). The molecule has 0 unspecified atom stereocenters. The second kappa shape index (κ2) is 7.87. The first-order chi connectivity index (χ1) is 9.61. The van der Waals surface area contributed by atoms with Crippen molar-refractivity contribution in [3.63, 3.8) is 0 Å². The third kappa shape index (κ3) is 4.16. The van der Waals surface area contributed by atoms with Crippen LogP contribution in [0.15, 0.2) is 18.5 Å². The van der Waals surface area contributed by atoms with Crippen LogP contribution in [0.4, 0.5) is 5.13 Å². The lowest BCUT2D eigenvalue weighted by Gasteiger charge is -2.15. The molecule has 0 saturated carbocycles. The quantitative estimate of drug-likeness (QED) is 0.862. The lowest BCUT2D eigenvalue weighted by molar-refractivity contribution is 0.102. The van der Waals surface area contributed by atoms with E-state index in [4.69, 9.17) is 5.73 Å². The highest BCUT2D eigenvalue weighted by Gasteiger charge is 2.21. The zero-order chi connectivity index (χ0) is 14.1. The summed E-state index contributed by atoms with van der Waals surface area (Å²) in [4.78, 5) is 21.8. The van der Waals surface area contributed by atoms with Crippen LogP contribution in [0.1, 0.15) is 32.9 Å². The largest absolute Gasteiger partial charge is 0.327 e. The second-order valence-corrected chi connectivity index (χ2v) is 6.18. The number of amides is 1. The molecule has 0 spiro atoms. The Morgan fingerprint density at radius 3 is 2.91 bits per heavy atom. The number of hydrogen-bond acceptors (Lipinski definition) is 5. The van der Waals surface area contributed by atoms with Gasteiger partial charge in [0.25, 0.3) is 5.91 Å². The first-order valence-corrected chi connectivity index (χ1v) is 7.40. The number of nitrogens with two attached hydrogens (primary N) is 1. The normalized spacial score (nSPS) is 16.0. The molecular weight excluding hydrogens is 343 g/mol. The number of rotatable bonds is 2. The van der Waals surface area contributed by atoms with Gasteiger partial charge in [0.1, 0.15) is 0 Å². The second-order valence-electron chi connectivity index (χ2n) is 5.10. The van der Waals surface area contributed by atoms with Crippen LogP contribution in [-0.2, 0) is 12.8 Å². The van der Waals surface area contributed by atoms with Gasteiger partial charge in [0, 0.05) is 23.3 Å². The summed E-state index contributed by atoms with van der Waals surface area (Å²) in [5.41, 5.74) is 8.54. The van der Waals surface area contributed by atoms with E-state index in [1.165, 1.54) is 16.2 Å². The van der Waals surface area contributed by atoms with Gasteiger partial charge in [0.05, 0.1) is 11.3 Å². The number of pyridine rings is 1. The summed E-state index contributed by atoms with van der Waals surface area (Å²) in [6.45, 7) is 1.91. The zero-order valence-corrected chi connectivity index (χ0v) is 14.5. The molecule has 3 N–H and O–H groups in total. The molecule has 5 nitrogen and oxygen atoms in total. The molecule has 1 aliphatic carbocycles. The third-order valence-electron chi connectivity index (χ3n) is 3.34. The SMILES string of the molecule is Cc1cncc(C(=O)Nc2nc3c(s2)C[C@@H](N)CC3)c1.Cl.Cl. The number of anilines is 1. The molecule has 8 heteroatoms. The zero-order valence-electron chi connectivity index (χ0n) is 12.0. The number of nitrogens with one attached hydrogen (secondary N) is 1. The average molecular weight is 361 g/mol. The molecule has 1 aliphatic rings. The molecule has 0 aromatic carbocycles. The molecule has 0 radical (unpaired) electrons. The van der Waals surface area contributed by atoms with Crippen molar-refractivity contribution >= 4 is 47.2 Å². The van der Waals surface area contributed by atoms with Crippen molar-refractivity contribution in [1.82, 2.24) is 9.97 Å². The van der Waals surface area contributed by atoms with Crippen LogP contribution in [0.25, 0.3) is 0 Å². The number of fused-ring (bicyclic) bond motifs is 1. The Labute approximate surface area is 145 Å². The van der Waals surface area contributed by atoms with Crippen LogP contribution in [0, 0.1) is 6.92 Å². The Morgan fingerprint density at radius 1 is 1.41 bits per heavy atom. The lowest BCUT2D eigenvalue weighted by Crippen LogP contribution is -2.27. The number of aromatic nitrogens is 2. The molecule has 2 aromatic rings. The van der Waals surface area contributed by atoms with Crippen LogP contribution in [0.2, 0.25) is 0 Å². The van der Waals surface area contributed by atoms with Gasteiger partial charge in [-0.1, -0.05) is 0 Å². The molecule has 2 aromatic heterocycles. The first-order valence-electron chi connectivity index (χ1n) is 6.59. The molecule has 0 fully saturated rings. The Balaban J connectivity index is 0.00000121. The fourth-order valence-electron chi connectivity index (χ4n) is 2.30. The molecule has 1 amide bonds. The monoisotopic (exact) mass is 360 g/mol. The number of thiazole rings is 1. The van der Waals surface area contributed by atoms with Crippen molar-refractivity contribution in [3.05, 3.63) is 40.2 Å². The van der Waals surface area contributed by atoms with Gasteiger partial charge in [-0.3, -0.25) is 15.1 Å². The molecule has 120 valence electrons. The van der Waals surface area contributed by atoms with Gasteiger partial charge >= 0.3 is 0 Å². The fraction of sp³-hybridized carbons (Fsp3) is 0.357. The minimum atomic E-state index is -0.170. The predicted molar refractivity (Wildman–Crippen MR) is 93.5 cm³/mol. The Bertz CT molecular complexity index is 662. The summed E-state index contributed by atoms with van der Waals surface area (Å²) in [7, 11) is 0. The highest BCUT2D eigenvalue weighted by Crippen LogP contribution is 2.29. The molecule has 0 aliphatic heterocycles. The maximum Gasteiger partial charge on any atom is 0.259 e. The van der Waals surface area contributed by atoms with Crippen LogP contribution in [0.3, 0.4) is 0 Å². The van der Waals surface area contributed by atoms with Crippen molar-refractivity contribution in [1.29, 1.82) is 0 Å². The van der Waals surface area contributed by atoms with Gasteiger partial charge in [-0.15, -0.1) is 36.2 Å². The van der Waals surface area contributed by atoms with E-state index in [-0.39, 0.29) is 36.8 Å². The number of nitrogens with zero attached hydrogens (tertiary/aromatic N) is 2. The number of halogens is 2. The van der Waals surface area contributed by atoms with Crippen molar-refractivity contribution in [2.24, 2.45) is 5.73 Å². The smallest absolute Gasteiger partial charge is 0.259 e. The molecule has 1 atom stereocenters. The fourth-order valence-corrected chi connectivity index (χ4v) is 3.40. The lowest BCUT2D eigenvalue weighted by atomic mass is 9.99. The summed E-state index contributed by atoms with van der Waals surface area (Å²) in [6, 6.07) is 2.03. The van der Waals surface area contributed by atoms with E-state index in [2.05, 4.69) is 15.3 Å². The van der Waals surface area contributed by atoms with Crippen LogP contribution in [-0.4, -0.2) is 21.9 Å².